The number of nitro benzene ring substituents is 1. The third-order valence-corrected chi connectivity index (χ3v) is 6.39. The Labute approximate surface area is 193 Å². The van der Waals surface area contributed by atoms with Crippen molar-refractivity contribution in [3.8, 4) is 5.69 Å². The molecule has 1 aliphatic heterocycles. The first-order chi connectivity index (χ1) is 16.3. The topological polar surface area (TPSA) is 125 Å². The van der Waals surface area contributed by atoms with Crippen molar-refractivity contribution in [2.75, 3.05) is 11.1 Å². The normalized spacial score (nSPS) is 14.8. The van der Waals surface area contributed by atoms with Gasteiger partial charge in [-0.2, -0.15) is 9.49 Å². The van der Waals surface area contributed by atoms with Crippen LogP contribution in [0.1, 0.15) is 12.5 Å². The predicted octanol–water partition coefficient (Wildman–Crippen LogP) is 3.44. The van der Waals surface area contributed by atoms with Gasteiger partial charge in [0.05, 0.1) is 22.8 Å². The summed E-state index contributed by atoms with van der Waals surface area (Å²) in [5.41, 5.74) is -0.181. The van der Waals surface area contributed by atoms with E-state index < -0.39 is 34.2 Å². The number of thioether (sulfide) groups is 1. The van der Waals surface area contributed by atoms with Gasteiger partial charge in [0.15, 0.2) is 10.8 Å². The lowest BCUT2D eigenvalue weighted by Crippen LogP contribution is -2.27. The average Bonchev–Trinajstić information content (AvgIpc) is 3.40. The third kappa shape index (κ3) is 3.79. The van der Waals surface area contributed by atoms with Crippen molar-refractivity contribution >= 4 is 40.1 Å². The fourth-order valence-corrected chi connectivity index (χ4v) is 4.84. The molecule has 34 heavy (non-hydrogen) atoms. The maximum Gasteiger partial charge on any atom is 0.306 e. The molecule has 0 saturated heterocycles. The van der Waals surface area contributed by atoms with E-state index in [-0.39, 0.29) is 23.1 Å². The van der Waals surface area contributed by atoms with Crippen molar-refractivity contribution in [3.63, 3.8) is 0 Å². The van der Waals surface area contributed by atoms with Crippen LogP contribution in [0.15, 0.2) is 58.6 Å². The second-order valence-corrected chi connectivity index (χ2v) is 8.47. The highest BCUT2D eigenvalue weighted by Crippen LogP contribution is 2.34. The SMILES string of the molecule is O=C(CC1CSc2nc3c(cnn3-c3ccc(F)cc3)c(=O)n21)Nc1ccc(F)c([N+](=O)[O-])c1. The van der Waals surface area contributed by atoms with Gasteiger partial charge >= 0.3 is 5.69 Å². The molecular weight excluding hydrogens is 470 g/mol. The molecule has 0 fully saturated rings. The van der Waals surface area contributed by atoms with E-state index in [9.17, 15) is 28.5 Å². The van der Waals surface area contributed by atoms with Crippen molar-refractivity contribution in [1.29, 1.82) is 0 Å². The Bertz CT molecular complexity index is 1520. The molecule has 1 atom stereocenters. The van der Waals surface area contributed by atoms with Crippen LogP contribution in [0.3, 0.4) is 0 Å². The van der Waals surface area contributed by atoms with Crippen LogP contribution in [0.2, 0.25) is 0 Å². The molecule has 1 unspecified atom stereocenters. The number of hydrogen-bond acceptors (Lipinski definition) is 7. The lowest BCUT2D eigenvalue weighted by Gasteiger charge is -2.13. The highest BCUT2D eigenvalue weighted by molar-refractivity contribution is 7.99. The second kappa shape index (κ2) is 8.33. The molecule has 0 bridgehead atoms. The summed E-state index contributed by atoms with van der Waals surface area (Å²) >= 11 is 1.30. The van der Waals surface area contributed by atoms with Gasteiger partial charge in [-0.1, -0.05) is 11.8 Å². The monoisotopic (exact) mass is 484 g/mol. The van der Waals surface area contributed by atoms with E-state index in [1.165, 1.54) is 57.5 Å². The van der Waals surface area contributed by atoms with Crippen LogP contribution in [0.5, 0.6) is 0 Å². The minimum absolute atomic E-state index is 0.0745. The summed E-state index contributed by atoms with van der Waals surface area (Å²) < 4.78 is 29.7. The van der Waals surface area contributed by atoms with Crippen LogP contribution in [0.25, 0.3) is 16.7 Å². The number of amides is 1. The van der Waals surface area contributed by atoms with Gasteiger partial charge in [-0.3, -0.25) is 24.3 Å². The minimum atomic E-state index is -1.01. The molecule has 0 spiro atoms. The molecule has 5 rings (SSSR count). The first-order valence-corrected chi connectivity index (χ1v) is 10.9. The van der Waals surface area contributed by atoms with Gasteiger partial charge in [-0.05, 0) is 36.4 Å². The molecule has 3 heterocycles. The standard InChI is InChI=1S/C21H14F2N6O4S/c22-11-1-4-13(5-2-11)28-19-15(9-24-28)20(31)27-14(10-34-21(27)26-19)8-18(30)25-12-3-6-16(23)17(7-12)29(32)33/h1-7,9,14H,8,10H2,(H,25,30). The number of benzene rings is 2. The van der Waals surface area contributed by atoms with Crippen LogP contribution >= 0.6 is 11.8 Å². The maximum absolute atomic E-state index is 13.5. The fourth-order valence-electron chi connectivity index (χ4n) is 3.71. The van der Waals surface area contributed by atoms with Crippen LogP contribution in [-0.2, 0) is 4.79 Å². The Morgan fingerprint density at radius 1 is 1.24 bits per heavy atom. The van der Waals surface area contributed by atoms with Gasteiger partial charge in [0.25, 0.3) is 5.56 Å². The summed E-state index contributed by atoms with van der Waals surface area (Å²) in [4.78, 5) is 40.3. The van der Waals surface area contributed by atoms with E-state index in [1.54, 1.807) is 0 Å². The van der Waals surface area contributed by atoms with E-state index in [0.717, 1.165) is 12.1 Å². The zero-order valence-electron chi connectivity index (χ0n) is 17.1. The number of fused-ring (bicyclic) bond motifs is 2. The van der Waals surface area contributed by atoms with Gasteiger partial charge in [0.1, 0.15) is 11.2 Å². The zero-order valence-corrected chi connectivity index (χ0v) is 18.0. The van der Waals surface area contributed by atoms with Crippen LogP contribution < -0.4 is 10.9 Å². The molecular formula is C21H14F2N6O4S. The lowest BCUT2D eigenvalue weighted by atomic mass is 10.2. The Kier molecular flexibility index (Phi) is 5.32. The predicted molar refractivity (Wildman–Crippen MR) is 119 cm³/mol. The van der Waals surface area contributed by atoms with Gasteiger partial charge in [-0.25, -0.2) is 14.1 Å². The molecule has 1 N–H and O–H groups in total. The van der Waals surface area contributed by atoms with E-state index in [2.05, 4.69) is 15.4 Å². The van der Waals surface area contributed by atoms with E-state index in [1.807, 2.05) is 0 Å². The third-order valence-electron chi connectivity index (χ3n) is 5.29. The molecule has 1 amide bonds. The molecule has 10 nitrogen and oxygen atoms in total. The Hall–Kier alpha value is -4.13. The summed E-state index contributed by atoms with van der Waals surface area (Å²) in [7, 11) is 0. The van der Waals surface area contributed by atoms with E-state index in [4.69, 9.17) is 0 Å². The molecule has 1 aliphatic rings. The smallest absolute Gasteiger partial charge is 0.306 e. The summed E-state index contributed by atoms with van der Waals surface area (Å²) in [6, 6.07) is 8.16. The van der Waals surface area contributed by atoms with Gasteiger partial charge in [-0.15, -0.1) is 0 Å². The van der Waals surface area contributed by atoms with Crippen LogP contribution in [0, 0.1) is 21.7 Å². The van der Waals surface area contributed by atoms with E-state index >= 15 is 0 Å². The fraction of sp³-hybridized carbons (Fsp3) is 0.143. The summed E-state index contributed by atoms with van der Waals surface area (Å²) in [6.07, 6.45) is 1.28. The molecule has 2 aromatic heterocycles. The number of nitro groups is 1. The first-order valence-electron chi connectivity index (χ1n) is 9.94. The molecule has 0 radical (unpaired) electrons. The Balaban J connectivity index is 1.41. The zero-order chi connectivity index (χ0) is 24.0. The van der Waals surface area contributed by atoms with Crippen molar-refractivity contribution in [2.45, 2.75) is 17.6 Å². The van der Waals surface area contributed by atoms with E-state index in [0.29, 0.717) is 22.2 Å². The van der Waals surface area contributed by atoms with Gasteiger partial charge in [0, 0.05) is 23.9 Å². The molecule has 0 aliphatic carbocycles. The number of carbonyl (C=O) groups is 1. The number of hydrogen-bond donors (Lipinski definition) is 1. The number of rotatable bonds is 5. The molecule has 4 aromatic rings. The Morgan fingerprint density at radius 3 is 2.74 bits per heavy atom. The minimum Gasteiger partial charge on any atom is -0.326 e. The highest BCUT2D eigenvalue weighted by atomic mass is 32.2. The van der Waals surface area contributed by atoms with Crippen LogP contribution in [-0.4, -0.2) is 35.9 Å². The number of halogens is 2. The summed E-state index contributed by atoms with van der Waals surface area (Å²) in [5, 5.41) is 18.3. The van der Waals surface area contributed by atoms with Crippen LogP contribution in [0.4, 0.5) is 20.2 Å². The molecule has 0 saturated carbocycles. The highest BCUT2D eigenvalue weighted by Gasteiger charge is 2.30. The molecule has 13 heteroatoms. The quantitative estimate of drug-likeness (QED) is 0.261. The largest absolute Gasteiger partial charge is 0.326 e. The number of carbonyl (C=O) groups excluding carboxylic acids is 1. The van der Waals surface area contributed by atoms with Crippen molar-refractivity contribution in [3.05, 3.63) is 80.8 Å². The number of anilines is 1. The lowest BCUT2D eigenvalue weighted by molar-refractivity contribution is -0.387. The maximum atomic E-state index is 13.5. The average molecular weight is 484 g/mol. The number of aromatic nitrogens is 4. The van der Waals surface area contributed by atoms with Gasteiger partial charge < -0.3 is 5.32 Å². The number of nitrogens with one attached hydrogen (secondary N) is 1. The Morgan fingerprint density at radius 2 is 2.00 bits per heavy atom. The second-order valence-electron chi connectivity index (χ2n) is 7.48. The number of nitrogens with zero attached hydrogens (tertiary/aromatic N) is 5. The molecule has 2 aromatic carbocycles. The molecule has 172 valence electrons. The van der Waals surface area contributed by atoms with Crippen molar-refractivity contribution in [1.82, 2.24) is 19.3 Å². The summed E-state index contributed by atoms with van der Waals surface area (Å²) in [5.74, 6) is -1.49. The van der Waals surface area contributed by atoms with Crippen molar-refractivity contribution in [2.24, 2.45) is 0 Å². The van der Waals surface area contributed by atoms with Crippen molar-refractivity contribution < 1.29 is 18.5 Å². The summed E-state index contributed by atoms with van der Waals surface area (Å²) in [6.45, 7) is 0. The van der Waals surface area contributed by atoms with Gasteiger partial charge in [0.2, 0.25) is 11.7 Å². The first kappa shape index (κ1) is 21.7.